The summed E-state index contributed by atoms with van der Waals surface area (Å²) in [7, 11) is 0. The van der Waals surface area contributed by atoms with Crippen LogP contribution in [0.25, 0.3) is 0 Å². The normalized spacial score (nSPS) is 17.6. The summed E-state index contributed by atoms with van der Waals surface area (Å²) in [5.74, 6) is 0.782. The number of ether oxygens (including phenoxy) is 1. The number of aliphatic hydroxyl groups is 1. The van der Waals surface area contributed by atoms with Gasteiger partial charge in [0, 0.05) is 17.6 Å². The van der Waals surface area contributed by atoms with E-state index in [0.717, 1.165) is 11.3 Å². The van der Waals surface area contributed by atoms with Gasteiger partial charge in [0.25, 0.3) is 0 Å². The van der Waals surface area contributed by atoms with Crippen molar-refractivity contribution in [1.29, 1.82) is 0 Å². The Morgan fingerprint density at radius 2 is 2.16 bits per heavy atom. The van der Waals surface area contributed by atoms with Gasteiger partial charge >= 0.3 is 0 Å². The van der Waals surface area contributed by atoms with E-state index >= 15 is 0 Å². The van der Waals surface area contributed by atoms with Crippen molar-refractivity contribution < 1.29 is 9.84 Å². The van der Waals surface area contributed by atoms with Crippen LogP contribution < -0.4 is 10.1 Å². The topological polar surface area (TPSA) is 41.5 Å². The van der Waals surface area contributed by atoms with Gasteiger partial charge in [0.1, 0.15) is 18.5 Å². The van der Waals surface area contributed by atoms with E-state index in [1.165, 1.54) is 25.7 Å². The van der Waals surface area contributed by atoms with Crippen LogP contribution in [0.5, 0.6) is 5.75 Å². The summed E-state index contributed by atoms with van der Waals surface area (Å²) in [5, 5.41) is 14.0. The number of hydrogen-bond acceptors (Lipinski definition) is 3. The average molecular weight is 284 g/mol. The fourth-order valence-corrected chi connectivity index (χ4v) is 2.68. The molecule has 0 saturated heterocycles. The molecule has 4 heteroatoms. The number of aliphatic hydroxyl groups excluding tert-OH is 1. The lowest BCUT2D eigenvalue weighted by Gasteiger charge is -2.17. The molecular weight excluding hydrogens is 262 g/mol. The highest BCUT2D eigenvalue weighted by atomic mass is 35.5. The lowest BCUT2D eigenvalue weighted by molar-refractivity contribution is 0.103. The lowest BCUT2D eigenvalue weighted by Crippen LogP contribution is -2.36. The number of rotatable bonds is 6. The number of nitrogens with one attached hydrogen (secondary N) is 1. The molecule has 0 heterocycles. The van der Waals surface area contributed by atoms with E-state index in [1.807, 2.05) is 19.1 Å². The van der Waals surface area contributed by atoms with Crippen LogP contribution in [0.1, 0.15) is 31.2 Å². The molecule has 0 radical (unpaired) electrons. The van der Waals surface area contributed by atoms with Gasteiger partial charge in [-0.15, -0.1) is 0 Å². The highest BCUT2D eigenvalue weighted by Gasteiger charge is 2.15. The minimum atomic E-state index is -0.476. The van der Waals surface area contributed by atoms with Crippen molar-refractivity contribution in [2.45, 2.75) is 44.8 Å². The van der Waals surface area contributed by atoms with E-state index in [9.17, 15) is 5.11 Å². The summed E-state index contributed by atoms with van der Waals surface area (Å²) in [6, 6.07) is 6.08. The summed E-state index contributed by atoms with van der Waals surface area (Å²) in [5.41, 5.74) is 0.989. The maximum absolute atomic E-state index is 9.90. The van der Waals surface area contributed by atoms with E-state index in [-0.39, 0.29) is 0 Å². The minimum Gasteiger partial charge on any atom is -0.491 e. The number of benzene rings is 1. The van der Waals surface area contributed by atoms with Crippen LogP contribution in [-0.2, 0) is 0 Å². The van der Waals surface area contributed by atoms with Gasteiger partial charge in [0.05, 0.1) is 0 Å². The summed E-state index contributed by atoms with van der Waals surface area (Å²) in [4.78, 5) is 0. The first-order valence-corrected chi connectivity index (χ1v) is 7.33. The summed E-state index contributed by atoms with van der Waals surface area (Å²) in [6.45, 7) is 2.85. The molecule has 0 amide bonds. The SMILES string of the molecule is Cc1cc(Cl)ccc1OC[C@H](O)CNC1CCCC1. The van der Waals surface area contributed by atoms with Gasteiger partial charge in [0.15, 0.2) is 0 Å². The zero-order valence-corrected chi connectivity index (χ0v) is 12.1. The minimum absolute atomic E-state index is 0.308. The Bertz CT molecular complexity index is 405. The quantitative estimate of drug-likeness (QED) is 0.843. The molecule has 1 aliphatic carbocycles. The molecule has 2 rings (SSSR count). The fourth-order valence-electron chi connectivity index (χ4n) is 2.45. The van der Waals surface area contributed by atoms with Crippen molar-refractivity contribution in [3.05, 3.63) is 28.8 Å². The van der Waals surface area contributed by atoms with Crippen LogP contribution in [0, 0.1) is 6.92 Å². The Morgan fingerprint density at radius 1 is 1.42 bits per heavy atom. The molecular formula is C15H22ClNO2. The van der Waals surface area contributed by atoms with Crippen molar-refractivity contribution in [2.24, 2.45) is 0 Å². The van der Waals surface area contributed by atoms with Crippen LogP contribution in [0.3, 0.4) is 0 Å². The molecule has 0 unspecified atom stereocenters. The molecule has 1 aromatic rings. The van der Waals surface area contributed by atoms with Gasteiger partial charge in [-0.25, -0.2) is 0 Å². The zero-order valence-electron chi connectivity index (χ0n) is 11.4. The van der Waals surface area contributed by atoms with Gasteiger partial charge < -0.3 is 15.2 Å². The van der Waals surface area contributed by atoms with Gasteiger partial charge in [-0.2, -0.15) is 0 Å². The van der Waals surface area contributed by atoms with Gasteiger partial charge in [-0.05, 0) is 43.5 Å². The average Bonchev–Trinajstić information content (AvgIpc) is 2.88. The second-order valence-electron chi connectivity index (χ2n) is 5.26. The van der Waals surface area contributed by atoms with Crippen molar-refractivity contribution >= 4 is 11.6 Å². The fraction of sp³-hybridized carbons (Fsp3) is 0.600. The highest BCUT2D eigenvalue weighted by Crippen LogP contribution is 2.22. The molecule has 1 aromatic carbocycles. The molecule has 2 N–H and O–H groups in total. The van der Waals surface area contributed by atoms with Gasteiger partial charge in [0.2, 0.25) is 0 Å². The van der Waals surface area contributed by atoms with E-state index in [0.29, 0.717) is 24.2 Å². The Kier molecular flexibility index (Phi) is 5.49. The molecule has 1 atom stereocenters. The predicted octanol–water partition coefficient (Wildman–Crippen LogP) is 2.92. The zero-order chi connectivity index (χ0) is 13.7. The van der Waals surface area contributed by atoms with Crippen molar-refractivity contribution in [1.82, 2.24) is 5.32 Å². The van der Waals surface area contributed by atoms with Crippen molar-refractivity contribution in [3.63, 3.8) is 0 Å². The Morgan fingerprint density at radius 3 is 2.84 bits per heavy atom. The number of aryl methyl sites for hydroxylation is 1. The van der Waals surface area contributed by atoms with E-state index < -0.39 is 6.10 Å². The van der Waals surface area contributed by atoms with E-state index in [2.05, 4.69) is 5.32 Å². The Balaban J connectivity index is 1.71. The largest absolute Gasteiger partial charge is 0.491 e. The molecule has 1 saturated carbocycles. The Labute approximate surface area is 119 Å². The molecule has 1 aliphatic rings. The van der Waals surface area contributed by atoms with Gasteiger partial charge in [-0.3, -0.25) is 0 Å². The van der Waals surface area contributed by atoms with Crippen LogP contribution >= 0.6 is 11.6 Å². The third-order valence-electron chi connectivity index (χ3n) is 3.57. The second kappa shape index (κ2) is 7.13. The highest BCUT2D eigenvalue weighted by molar-refractivity contribution is 6.30. The van der Waals surface area contributed by atoms with Crippen molar-refractivity contribution in [2.75, 3.05) is 13.2 Å². The second-order valence-corrected chi connectivity index (χ2v) is 5.70. The molecule has 1 fully saturated rings. The number of halogens is 1. The third-order valence-corrected chi connectivity index (χ3v) is 3.80. The first kappa shape index (κ1) is 14.6. The molecule has 106 valence electrons. The first-order chi connectivity index (χ1) is 9.15. The monoisotopic (exact) mass is 283 g/mol. The first-order valence-electron chi connectivity index (χ1n) is 6.95. The van der Waals surface area contributed by atoms with Crippen molar-refractivity contribution in [3.8, 4) is 5.75 Å². The molecule has 0 aromatic heterocycles. The molecule has 0 bridgehead atoms. The maximum Gasteiger partial charge on any atom is 0.122 e. The standard InChI is InChI=1S/C15H22ClNO2/c1-11-8-12(16)6-7-15(11)19-10-14(18)9-17-13-4-2-3-5-13/h6-8,13-14,17-18H,2-5,9-10H2,1H3/t14-/m1/s1. The summed E-state index contributed by atoms with van der Waals surface area (Å²) in [6.07, 6.45) is 4.58. The van der Waals surface area contributed by atoms with E-state index in [4.69, 9.17) is 16.3 Å². The third kappa shape index (κ3) is 4.68. The Hall–Kier alpha value is -0.770. The smallest absolute Gasteiger partial charge is 0.122 e. The van der Waals surface area contributed by atoms with E-state index in [1.54, 1.807) is 6.07 Å². The summed E-state index contributed by atoms with van der Waals surface area (Å²) >= 11 is 5.89. The van der Waals surface area contributed by atoms with Crippen LogP contribution in [0.15, 0.2) is 18.2 Å². The molecule has 0 aliphatic heterocycles. The number of hydrogen-bond donors (Lipinski definition) is 2. The lowest BCUT2D eigenvalue weighted by atomic mass is 10.2. The molecule has 3 nitrogen and oxygen atoms in total. The van der Waals surface area contributed by atoms with Crippen LogP contribution in [-0.4, -0.2) is 30.4 Å². The van der Waals surface area contributed by atoms with Crippen LogP contribution in [0.2, 0.25) is 5.02 Å². The van der Waals surface area contributed by atoms with Gasteiger partial charge in [-0.1, -0.05) is 24.4 Å². The molecule has 0 spiro atoms. The summed E-state index contributed by atoms with van der Waals surface area (Å²) < 4.78 is 5.62. The molecule has 19 heavy (non-hydrogen) atoms. The predicted molar refractivity (Wildman–Crippen MR) is 77.9 cm³/mol. The maximum atomic E-state index is 9.90. The van der Waals surface area contributed by atoms with Crippen LogP contribution in [0.4, 0.5) is 0 Å².